The molecule has 0 saturated heterocycles. The molecular weight excluding hydrogens is 250 g/mol. The molecule has 0 amide bonds. The Kier molecular flexibility index (Phi) is 4.03. The van der Waals surface area contributed by atoms with Gasteiger partial charge in [0.25, 0.3) is 0 Å². The van der Waals surface area contributed by atoms with Gasteiger partial charge in [-0.1, -0.05) is 24.6 Å². The highest BCUT2D eigenvalue weighted by Gasteiger charge is 2.24. The minimum atomic E-state index is -0.118. The zero-order chi connectivity index (χ0) is 13.9. The molecule has 1 aromatic heterocycles. The topological polar surface area (TPSA) is 50.1 Å². The first kappa shape index (κ1) is 13.6. The van der Waals surface area contributed by atoms with Gasteiger partial charge in [0.05, 0.1) is 17.3 Å². The molecule has 1 fully saturated rings. The molecule has 0 spiro atoms. The van der Waals surface area contributed by atoms with E-state index >= 15 is 0 Å². The molecule has 20 heavy (non-hydrogen) atoms. The molecule has 0 aliphatic heterocycles. The molecule has 0 radical (unpaired) electrons. The second-order valence-corrected chi connectivity index (χ2v) is 5.67. The van der Waals surface area contributed by atoms with Crippen LogP contribution >= 0.6 is 0 Å². The lowest BCUT2D eigenvalue weighted by Gasteiger charge is -2.14. The van der Waals surface area contributed by atoms with Gasteiger partial charge in [-0.3, -0.25) is 4.68 Å². The van der Waals surface area contributed by atoms with Crippen molar-refractivity contribution in [2.45, 2.75) is 45.4 Å². The molecule has 1 heterocycles. The van der Waals surface area contributed by atoms with Crippen molar-refractivity contribution in [3.05, 3.63) is 30.0 Å². The van der Waals surface area contributed by atoms with Gasteiger partial charge in [-0.05, 0) is 31.7 Å². The predicted octanol–water partition coefficient (Wildman–Crippen LogP) is 2.31. The highest BCUT2D eigenvalue weighted by atomic mass is 16.3. The number of para-hydroxylation sites is 1. The van der Waals surface area contributed by atoms with E-state index in [9.17, 15) is 5.11 Å². The normalized spacial score (nSPS) is 22.7. The van der Waals surface area contributed by atoms with E-state index in [-0.39, 0.29) is 6.10 Å². The molecular formula is C16H23N3O. The van der Waals surface area contributed by atoms with E-state index in [0.29, 0.717) is 5.92 Å². The average molecular weight is 273 g/mol. The molecule has 4 nitrogen and oxygen atoms in total. The summed E-state index contributed by atoms with van der Waals surface area (Å²) < 4.78 is 2.05. The Balaban J connectivity index is 1.68. The lowest BCUT2D eigenvalue weighted by molar-refractivity contribution is 0.131. The Hall–Kier alpha value is -1.39. The summed E-state index contributed by atoms with van der Waals surface area (Å²) in [7, 11) is 0. The smallest absolute Gasteiger partial charge is 0.0841 e. The van der Waals surface area contributed by atoms with E-state index in [0.717, 1.165) is 44.6 Å². The summed E-state index contributed by atoms with van der Waals surface area (Å²) >= 11 is 0. The number of fused-ring (bicyclic) bond motifs is 1. The Morgan fingerprint density at radius 1 is 1.35 bits per heavy atom. The molecule has 108 valence electrons. The molecule has 2 aromatic rings. The third-order valence-electron chi connectivity index (χ3n) is 4.35. The first-order valence-corrected chi connectivity index (χ1v) is 7.62. The van der Waals surface area contributed by atoms with Crippen LogP contribution in [0, 0.1) is 5.92 Å². The quantitative estimate of drug-likeness (QED) is 0.879. The summed E-state index contributed by atoms with van der Waals surface area (Å²) in [5.74, 6) is 0.412. The molecule has 2 N–H and O–H groups in total. The van der Waals surface area contributed by atoms with E-state index in [1.165, 1.54) is 10.9 Å². The largest absolute Gasteiger partial charge is 0.393 e. The molecule has 2 unspecified atom stereocenters. The maximum absolute atomic E-state index is 9.84. The number of hydrogen-bond donors (Lipinski definition) is 2. The summed E-state index contributed by atoms with van der Waals surface area (Å²) in [6.07, 6.45) is 3.13. The Morgan fingerprint density at radius 3 is 2.95 bits per heavy atom. The summed E-state index contributed by atoms with van der Waals surface area (Å²) in [6.45, 7) is 4.67. The Labute approximate surface area is 119 Å². The molecule has 0 bridgehead atoms. The van der Waals surface area contributed by atoms with Crippen LogP contribution in [0.3, 0.4) is 0 Å². The van der Waals surface area contributed by atoms with Gasteiger partial charge in [0.1, 0.15) is 0 Å². The van der Waals surface area contributed by atoms with Crippen LogP contribution in [-0.4, -0.2) is 27.5 Å². The molecule has 1 saturated carbocycles. The minimum Gasteiger partial charge on any atom is -0.393 e. The van der Waals surface area contributed by atoms with Crippen molar-refractivity contribution in [2.24, 2.45) is 5.92 Å². The van der Waals surface area contributed by atoms with Crippen molar-refractivity contribution < 1.29 is 5.11 Å². The molecule has 1 aromatic carbocycles. The lowest BCUT2D eigenvalue weighted by atomic mass is 10.1. The summed E-state index contributed by atoms with van der Waals surface area (Å²) in [5, 5.41) is 19.2. The van der Waals surface area contributed by atoms with Crippen molar-refractivity contribution in [1.82, 2.24) is 15.1 Å². The number of aromatic nitrogens is 2. The third-order valence-corrected chi connectivity index (χ3v) is 4.35. The fourth-order valence-corrected chi connectivity index (χ4v) is 3.20. The number of benzene rings is 1. The van der Waals surface area contributed by atoms with Gasteiger partial charge in [0.2, 0.25) is 0 Å². The van der Waals surface area contributed by atoms with Gasteiger partial charge in [-0.15, -0.1) is 0 Å². The number of aliphatic hydroxyl groups is 1. The second kappa shape index (κ2) is 5.94. The number of nitrogens with zero attached hydrogens (tertiary/aromatic N) is 2. The van der Waals surface area contributed by atoms with Crippen LogP contribution in [0.1, 0.15) is 31.9 Å². The molecule has 4 heteroatoms. The van der Waals surface area contributed by atoms with Gasteiger partial charge in [-0.2, -0.15) is 5.10 Å². The fraction of sp³-hybridized carbons (Fsp3) is 0.562. The van der Waals surface area contributed by atoms with Crippen molar-refractivity contribution >= 4 is 10.9 Å². The van der Waals surface area contributed by atoms with Crippen LogP contribution in [-0.2, 0) is 13.1 Å². The Bertz CT molecular complexity index is 578. The Morgan fingerprint density at radius 2 is 2.20 bits per heavy atom. The second-order valence-electron chi connectivity index (χ2n) is 5.67. The van der Waals surface area contributed by atoms with Crippen LogP contribution in [0.15, 0.2) is 24.3 Å². The monoisotopic (exact) mass is 273 g/mol. The number of rotatable bonds is 5. The van der Waals surface area contributed by atoms with E-state index < -0.39 is 0 Å². The summed E-state index contributed by atoms with van der Waals surface area (Å²) in [6, 6.07) is 8.38. The van der Waals surface area contributed by atoms with Gasteiger partial charge in [0.15, 0.2) is 0 Å². The van der Waals surface area contributed by atoms with Crippen molar-refractivity contribution in [3.8, 4) is 0 Å². The number of hydrogen-bond acceptors (Lipinski definition) is 3. The van der Waals surface area contributed by atoms with E-state index in [2.05, 4.69) is 46.3 Å². The van der Waals surface area contributed by atoms with Gasteiger partial charge < -0.3 is 10.4 Å². The van der Waals surface area contributed by atoms with Crippen LogP contribution < -0.4 is 5.32 Å². The van der Waals surface area contributed by atoms with Gasteiger partial charge in [0, 0.05) is 25.0 Å². The van der Waals surface area contributed by atoms with Crippen LogP contribution in [0.4, 0.5) is 0 Å². The first-order chi connectivity index (χ1) is 9.79. The molecule has 3 rings (SSSR count). The number of aryl methyl sites for hydroxylation is 1. The highest BCUT2D eigenvalue weighted by Crippen LogP contribution is 2.25. The van der Waals surface area contributed by atoms with Crippen LogP contribution in [0.5, 0.6) is 0 Å². The zero-order valence-corrected chi connectivity index (χ0v) is 12.0. The molecule has 1 aliphatic carbocycles. The first-order valence-electron chi connectivity index (χ1n) is 7.62. The van der Waals surface area contributed by atoms with Crippen molar-refractivity contribution in [2.75, 3.05) is 6.54 Å². The standard InChI is InChI=1S/C16H23N3O/c1-2-19-15-8-4-3-7-13(15)14(18-19)11-17-10-12-6-5-9-16(12)20/h3-4,7-8,12,16-17,20H,2,5-6,9-11H2,1H3. The van der Waals surface area contributed by atoms with Crippen molar-refractivity contribution in [1.29, 1.82) is 0 Å². The summed E-state index contributed by atoms with van der Waals surface area (Å²) in [5.41, 5.74) is 2.31. The predicted molar refractivity (Wildman–Crippen MR) is 80.5 cm³/mol. The third kappa shape index (κ3) is 2.58. The van der Waals surface area contributed by atoms with E-state index in [4.69, 9.17) is 0 Å². The number of aliphatic hydroxyl groups excluding tert-OH is 1. The average Bonchev–Trinajstić information content (AvgIpc) is 3.04. The summed E-state index contributed by atoms with van der Waals surface area (Å²) in [4.78, 5) is 0. The van der Waals surface area contributed by atoms with E-state index in [1.54, 1.807) is 0 Å². The highest BCUT2D eigenvalue weighted by molar-refractivity contribution is 5.81. The molecule has 1 aliphatic rings. The van der Waals surface area contributed by atoms with Crippen LogP contribution in [0.25, 0.3) is 10.9 Å². The fourth-order valence-electron chi connectivity index (χ4n) is 3.20. The van der Waals surface area contributed by atoms with Gasteiger partial charge >= 0.3 is 0 Å². The van der Waals surface area contributed by atoms with Crippen LogP contribution in [0.2, 0.25) is 0 Å². The SMILES string of the molecule is CCn1nc(CNCC2CCCC2O)c2ccccc21. The maximum Gasteiger partial charge on any atom is 0.0841 e. The minimum absolute atomic E-state index is 0.118. The zero-order valence-electron chi connectivity index (χ0n) is 12.0. The van der Waals surface area contributed by atoms with Gasteiger partial charge in [-0.25, -0.2) is 0 Å². The molecule has 2 atom stereocenters. The van der Waals surface area contributed by atoms with E-state index in [1.807, 2.05) is 0 Å². The maximum atomic E-state index is 9.84. The lowest BCUT2D eigenvalue weighted by Crippen LogP contribution is -2.27. The van der Waals surface area contributed by atoms with Crippen molar-refractivity contribution in [3.63, 3.8) is 0 Å². The number of nitrogens with one attached hydrogen (secondary N) is 1.